The van der Waals surface area contributed by atoms with Crippen molar-refractivity contribution in [1.29, 1.82) is 0 Å². The number of hydrogen-bond donors (Lipinski definition) is 4. The van der Waals surface area contributed by atoms with Gasteiger partial charge in [-0.15, -0.1) is 0 Å². The van der Waals surface area contributed by atoms with E-state index in [0.717, 1.165) is 18.1 Å². The van der Waals surface area contributed by atoms with E-state index in [1.54, 1.807) is 6.07 Å². The Morgan fingerprint density at radius 2 is 1.86 bits per heavy atom. The van der Waals surface area contributed by atoms with Crippen molar-refractivity contribution >= 4 is 23.1 Å². The van der Waals surface area contributed by atoms with Crippen LogP contribution in [0.5, 0.6) is 5.75 Å². The fourth-order valence-electron chi connectivity index (χ4n) is 5.13. The molecule has 1 aromatic rings. The second-order valence-corrected chi connectivity index (χ2v) is 8.05. The molecule has 1 saturated carbocycles. The molecule has 1 fully saturated rings. The van der Waals surface area contributed by atoms with Gasteiger partial charge in [0.1, 0.15) is 22.8 Å². The molecular weight excluding hydrogens is 376 g/mol. The van der Waals surface area contributed by atoms with Crippen LogP contribution in [0.25, 0.3) is 5.76 Å². The van der Waals surface area contributed by atoms with Crippen molar-refractivity contribution in [3.05, 3.63) is 45.7 Å². The summed E-state index contributed by atoms with van der Waals surface area (Å²) in [6.07, 6.45) is 0.978. The topological polar surface area (TPSA) is 132 Å². The first-order valence-electron chi connectivity index (χ1n) is 9.65. The Balaban J connectivity index is 1.94. The van der Waals surface area contributed by atoms with E-state index < -0.39 is 51.9 Å². The van der Waals surface area contributed by atoms with Gasteiger partial charge in [-0.05, 0) is 49.3 Å². The van der Waals surface area contributed by atoms with Crippen molar-refractivity contribution in [2.45, 2.75) is 45.1 Å². The van der Waals surface area contributed by atoms with Crippen LogP contribution in [0.2, 0.25) is 0 Å². The third kappa shape index (κ3) is 2.43. The maximum absolute atomic E-state index is 13.3. The van der Waals surface area contributed by atoms with Gasteiger partial charge in [0, 0.05) is 17.9 Å². The summed E-state index contributed by atoms with van der Waals surface area (Å²) < 4.78 is 0. The number of Topliss-reactive ketones (excluding diaryl/α,β-unsaturated/α-hetero) is 3. The number of fused-ring (bicyclic) bond motifs is 3. The average molecular weight is 398 g/mol. The molecule has 0 aliphatic heterocycles. The van der Waals surface area contributed by atoms with Gasteiger partial charge in [-0.1, -0.05) is 13.0 Å². The number of phenolic OH excluding ortho intramolecular Hbond substituents is 1. The summed E-state index contributed by atoms with van der Waals surface area (Å²) in [6.45, 7) is 3.03. The summed E-state index contributed by atoms with van der Waals surface area (Å²) in [5.74, 6) is -5.15. The first kappa shape index (κ1) is 19.4. The molecule has 0 heterocycles. The Kier molecular flexibility index (Phi) is 4.20. The van der Waals surface area contributed by atoms with Crippen LogP contribution in [0.4, 0.5) is 0 Å². The van der Waals surface area contributed by atoms with Gasteiger partial charge in [0.15, 0.2) is 17.2 Å². The number of phenols is 1. The van der Waals surface area contributed by atoms with Crippen molar-refractivity contribution in [1.82, 2.24) is 0 Å². The summed E-state index contributed by atoms with van der Waals surface area (Å²) in [7, 11) is 0. The lowest BCUT2D eigenvalue weighted by atomic mass is 9.59. The molecule has 7 heteroatoms. The van der Waals surface area contributed by atoms with Crippen LogP contribution in [0.1, 0.15) is 43.4 Å². The van der Waals surface area contributed by atoms with Gasteiger partial charge in [0.2, 0.25) is 5.78 Å². The standard InChI is InChI=1S/C22H22O7/c1-3-10-4-5-14(24)18-13(10)7-11-6-12-8-15(25)16(9(2)23)20(27)22(12,29)21(28)17(11)19(18)26/h4-5,11-12,24,26-27,29H,3,6-8H2,1-2H3/t11-,12+,22-/m1/s1. The monoisotopic (exact) mass is 398 g/mol. The number of allylic oxidation sites excluding steroid dienone is 1. The molecule has 0 radical (unpaired) electrons. The molecule has 4 rings (SSSR count). The largest absolute Gasteiger partial charge is 0.508 e. The highest BCUT2D eigenvalue weighted by Crippen LogP contribution is 2.52. The number of benzene rings is 1. The zero-order valence-electron chi connectivity index (χ0n) is 16.2. The van der Waals surface area contributed by atoms with Crippen molar-refractivity contribution in [2.24, 2.45) is 11.8 Å². The molecule has 152 valence electrons. The zero-order chi connectivity index (χ0) is 21.2. The van der Waals surface area contributed by atoms with Crippen LogP contribution < -0.4 is 0 Å². The van der Waals surface area contributed by atoms with Crippen LogP contribution in [0.15, 0.2) is 29.0 Å². The molecular formula is C22H22O7. The summed E-state index contributed by atoms with van der Waals surface area (Å²) in [4.78, 5) is 37.5. The Labute approximate surface area is 167 Å². The maximum Gasteiger partial charge on any atom is 0.202 e. The number of carbonyl (C=O) groups is 3. The first-order chi connectivity index (χ1) is 13.6. The molecule has 0 unspecified atom stereocenters. The quantitative estimate of drug-likeness (QED) is 0.561. The van der Waals surface area contributed by atoms with Gasteiger partial charge in [0.25, 0.3) is 0 Å². The molecule has 0 saturated heterocycles. The lowest BCUT2D eigenvalue weighted by Crippen LogP contribution is -2.57. The number of aliphatic hydroxyl groups is 3. The lowest BCUT2D eigenvalue weighted by molar-refractivity contribution is -0.147. The number of rotatable bonds is 2. The van der Waals surface area contributed by atoms with Crippen LogP contribution >= 0.6 is 0 Å². The van der Waals surface area contributed by atoms with Gasteiger partial charge in [0.05, 0.1) is 5.56 Å². The fraction of sp³-hybridized carbons (Fsp3) is 0.409. The Hall–Kier alpha value is -2.93. The molecule has 7 nitrogen and oxygen atoms in total. The average Bonchev–Trinajstić information content (AvgIpc) is 2.64. The van der Waals surface area contributed by atoms with Crippen LogP contribution in [0, 0.1) is 11.8 Å². The summed E-state index contributed by atoms with van der Waals surface area (Å²) in [5, 5.41) is 42.9. The third-order valence-electron chi connectivity index (χ3n) is 6.53. The van der Waals surface area contributed by atoms with Crippen LogP contribution in [-0.4, -0.2) is 43.4 Å². The van der Waals surface area contributed by atoms with E-state index in [4.69, 9.17) is 0 Å². The van der Waals surface area contributed by atoms with Gasteiger partial charge in [-0.3, -0.25) is 14.4 Å². The highest BCUT2D eigenvalue weighted by atomic mass is 16.3. The second kappa shape index (κ2) is 6.29. The SMILES string of the molecule is CCc1ccc(O)c2c1C[C@H]1C[C@H]3CC(=O)C(C(C)=O)=C(O)[C@@]3(O)C(=O)C1=C2O. The molecule has 0 bridgehead atoms. The minimum absolute atomic E-state index is 0.0800. The number of aromatic hydroxyl groups is 1. The van der Waals surface area contributed by atoms with E-state index >= 15 is 0 Å². The fourth-order valence-corrected chi connectivity index (χ4v) is 5.13. The normalized spacial score (nSPS) is 28.8. The summed E-state index contributed by atoms with van der Waals surface area (Å²) in [5.41, 5.74) is -1.26. The predicted molar refractivity (Wildman–Crippen MR) is 102 cm³/mol. The third-order valence-corrected chi connectivity index (χ3v) is 6.53. The molecule has 4 N–H and O–H groups in total. The molecule has 0 amide bonds. The van der Waals surface area contributed by atoms with Gasteiger partial charge < -0.3 is 20.4 Å². The Morgan fingerprint density at radius 3 is 2.48 bits per heavy atom. The Bertz CT molecular complexity index is 1050. The number of aryl methyl sites for hydroxylation is 1. The van der Waals surface area contributed by atoms with Crippen LogP contribution in [-0.2, 0) is 27.2 Å². The number of aliphatic hydroxyl groups excluding tert-OH is 2. The predicted octanol–water partition coefficient (Wildman–Crippen LogP) is 2.09. The van der Waals surface area contributed by atoms with Gasteiger partial charge >= 0.3 is 0 Å². The highest BCUT2D eigenvalue weighted by molar-refractivity contribution is 6.23. The van der Waals surface area contributed by atoms with Crippen molar-refractivity contribution in [3.63, 3.8) is 0 Å². The molecule has 29 heavy (non-hydrogen) atoms. The highest BCUT2D eigenvalue weighted by Gasteiger charge is 2.60. The molecule has 0 spiro atoms. The Morgan fingerprint density at radius 1 is 1.17 bits per heavy atom. The summed E-state index contributed by atoms with van der Waals surface area (Å²) in [6, 6.07) is 3.22. The van der Waals surface area contributed by atoms with E-state index in [-0.39, 0.29) is 29.7 Å². The van der Waals surface area contributed by atoms with Crippen molar-refractivity contribution in [2.75, 3.05) is 0 Å². The molecule has 1 aromatic carbocycles. The zero-order valence-corrected chi connectivity index (χ0v) is 16.2. The number of carbonyl (C=O) groups excluding carboxylic acids is 3. The number of ketones is 3. The van der Waals surface area contributed by atoms with E-state index in [1.165, 1.54) is 6.07 Å². The minimum atomic E-state index is -2.44. The minimum Gasteiger partial charge on any atom is -0.508 e. The summed E-state index contributed by atoms with van der Waals surface area (Å²) >= 11 is 0. The first-order valence-corrected chi connectivity index (χ1v) is 9.65. The van der Waals surface area contributed by atoms with Gasteiger partial charge in [-0.25, -0.2) is 0 Å². The van der Waals surface area contributed by atoms with E-state index in [1.807, 2.05) is 6.92 Å². The van der Waals surface area contributed by atoms with Crippen molar-refractivity contribution in [3.8, 4) is 5.75 Å². The number of hydrogen-bond acceptors (Lipinski definition) is 7. The molecule has 3 atom stereocenters. The maximum atomic E-state index is 13.3. The lowest BCUT2D eigenvalue weighted by Gasteiger charge is -2.46. The molecule has 3 aliphatic carbocycles. The van der Waals surface area contributed by atoms with Crippen LogP contribution in [0.3, 0.4) is 0 Å². The van der Waals surface area contributed by atoms with Gasteiger partial charge in [-0.2, -0.15) is 0 Å². The second-order valence-electron chi connectivity index (χ2n) is 8.05. The smallest absolute Gasteiger partial charge is 0.202 e. The molecule has 3 aliphatic rings. The van der Waals surface area contributed by atoms with E-state index in [2.05, 4.69) is 0 Å². The molecule has 0 aromatic heterocycles. The van der Waals surface area contributed by atoms with E-state index in [9.17, 15) is 34.8 Å². The van der Waals surface area contributed by atoms with E-state index in [0.29, 0.717) is 12.8 Å². The van der Waals surface area contributed by atoms with Crippen molar-refractivity contribution < 1.29 is 34.8 Å².